The molecule has 0 spiro atoms. The molecule has 202 valence electrons. The average Bonchev–Trinajstić information content (AvgIpc) is 3.56. The minimum atomic E-state index is -4.14. The van der Waals surface area contributed by atoms with Gasteiger partial charge in [-0.1, -0.05) is 17.7 Å². The van der Waals surface area contributed by atoms with Crippen molar-refractivity contribution >= 4 is 27.6 Å². The van der Waals surface area contributed by atoms with Gasteiger partial charge in [0.25, 0.3) is 0 Å². The molecule has 0 aliphatic heterocycles. The monoisotopic (exact) mass is 562 g/mol. The fourth-order valence-corrected chi connectivity index (χ4v) is 5.02. The van der Waals surface area contributed by atoms with Crippen LogP contribution in [0.1, 0.15) is 25.8 Å². The predicted molar refractivity (Wildman–Crippen MR) is 140 cm³/mol. The normalized spacial score (nSPS) is 13.2. The number of para-hydroxylation sites is 1. The predicted octanol–water partition coefficient (Wildman–Crippen LogP) is 3.13. The van der Waals surface area contributed by atoms with E-state index in [1.807, 2.05) is 6.92 Å². The number of hydrogen-bond donors (Lipinski definition) is 1. The first kappa shape index (κ1) is 27.3. The Labute approximate surface area is 224 Å². The zero-order chi connectivity index (χ0) is 27.4. The molecule has 0 amide bonds. The van der Waals surface area contributed by atoms with E-state index in [9.17, 15) is 8.42 Å². The molecule has 13 nitrogen and oxygen atoms in total. The lowest BCUT2D eigenvalue weighted by Gasteiger charge is -2.22. The van der Waals surface area contributed by atoms with Gasteiger partial charge in [-0.25, -0.2) is 18.4 Å². The minimum absolute atomic E-state index is 0.104. The summed E-state index contributed by atoms with van der Waals surface area (Å²) in [6.45, 7) is 4.05. The number of hydrogen-bond acceptors (Lipinski definition) is 10. The summed E-state index contributed by atoms with van der Waals surface area (Å²) < 4.78 is 49.6. The van der Waals surface area contributed by atoms with Crippen molar-refractivity contribution in [2.24, 2.45) is 0 Å². The van der Waals surface area contributed by atoms with Crippen LogP contribution in [0.15, 0.2) is 42.9 Å². The van der Waals surface area contributed by atoms with Crippen molar-refractivity contribution in [1.82, 2.24) is 34.5 Å². The topological polar surface area (TPSA) is 148 Å². The van der Waals surface area contributed by atoms with Crippen LogP contribution in [0.4, 0.5) is 5.95 Å². The molecule has 1 aromatic carbocycles. The van der Waals surface area contributed by atoms with E-state index < -0.39 is 21.4 Å². The number of aryl methyl sites for hydroxylation is 1. The first-order valence-corrected chi connectivity index (χ1v) is 13.4. The van der Waals surface area contributed by atoms with Gasteiger partial charge in [-0.3, -0.25) is 14.0 Å². The summed E-state index contributed by atoms with van der Waals surface area (Å²) in [6.07, 6.45) is 3.53. The Morgan fingerprint density at radius 2 is 1.71 bits per heavy atom. The molecule has 15 heteroatoms. The quantitative estimate of drug-likeness (QED) is 0.289. The Kier molecular flexibility index (Phi) is 8.14. The second kappa shape index (κ2) is 11.3. The number of nitrogens with zero attached hydrogens (tertiary/aromatic N) is 7. The molecule has 0 radical (unpaired) electrons. The number of anilines is 1. The van der Waals surface area contributed by atoms with Crippen LogP contribution in [0.5, 0.6) is 11.5 Å². The Balaban J connectivity index is 1.83. The van der Waals surface area contributed by atoms with Gasteiger partial charge in [0.15, 0.2) is 11.6 Å². The zero-order valence-electron chi connectivity index (χ0n) is 21.4. The van der Waals surface area contributed by atoms with E-state index in [1.165, 1.54) is 45.2 Å². The molecule has 0 aliphatic rings. The number of benzene rings is 1. The molecule has 0 aliphatic carbocycles. The highest BCUT2D eigenvalue weighted by atomic mass is 35.5. The maximum Gasteiger partial charge on any atom is 0.243 e. The summed E-state index contributed by atoms with van der Waals surface area (Å²) in [5, 5.41) is 12.1. The minimum Gasteiger partial charge on any atom is -0.494 e. The highest BCUT2D eigenvalue weighted by molar-refractivity contribution is 7.93. The van der Waals surface area contributed by atoms with Crippen LogP contribution in [0.3, 0.4) is 0 Å². The molecule has 0 saturated heterocycles. The van der Waals surface area contributed by atoms with Crippen molar-refractivity contribution in [2.45, 2.75) is 31.7 Å². The number of rotatable bonds is 11. The molecule has 0 saturated carbocycles. The van der Waals surface area contributed by atoms with Gasteiger partial charge in [0, 0.05) is 32.2 Å². The van der Waals surface area contributed by atoms with Crippen LogP contribution in [0.25, 0.3) is 17.2 Å². The number of sulfonamides is 1. The van der Waals surface area contributed by atoms with Gasteiger partial charge in [0.05, 0.1) is 19.2 Å². The Hall–Kier alpha value is -3.75. The van der Waals surface area contributed by atoms with Crippen molar-refractivity contribution in [3.63, 3.8) is 0 Å². The molecule has 2 unspecified atom stereocenters. The third-order valence-electron chi connectivity index (χ3n) is 5.78. The molecule has 3 heterocycles. The van der Waals surface area contributed by atoms with E-state index >= 15 is 0 Å². The highest BCUT2D eigenvalue weighted by Crippen LogP contribution is 2.37. The van der Waals surface area contributed by atoms with Crippen molar-refractivity contribution in [1.29, 1.82) is 0 Å². The molecule has 1 N–H and O–H groups in total. The Morgan fingerprint density at radius 1 is 1.05 bits per heavy atom. The fraction of sp³-hybridized carbons (Fsp3) is 0.348. The third-order valence-corrected chi connectivity index (χ3v) is 7.67. The van der Waals surface area contributed by atoms with Gasteiger partial charge in [0.2, 0.25) is 16.0 Å². The lowest BCUT2D eigenvalue weighted by molar-refractivity contribution is 0.0950. The largest absolute Gasteiger partial charge is 0.494 e. The number of aromatic nitrogens is 7. The summed E-state index contributed by atoms with van der Waals surface area (Å²) in [7, 11) is 0.225. The van der Waals surface area contributed by atoms with Crippen LogP contribution in [-0.4, -0.2) is 69.5 Å². The SMILES string of the molecule is CCn1ccc(-c2nnc(NS(=O)(=O)C(C)C(OC)c3ncc(Cl)cn3)n2-c2c(OC)cccc2OC)n1. The average molecular weight is 563 g/mol. The molecule has 4 rings (SSSR count). The van der Waals surface area contributed by atoms with Crippen molar-refractivity contribution in [2.75, 3.05) is 26.1 Å². The molecule has 4 aromatic rings. The van der Waals surface area contributed by atoms with Gasteiger partial charge in [-0.2, -0.15) is 5.10 Å². The molecule has 0 bridgehead atoms. The fourth-order valence-electron chi connectivity index (χ4n) is 3.80. The van der Waals surface area contributed by atoms with E-state index in [-0.39, 0.29) is 17.6 Å². The summed E-state index contributed by atoms with van der Waals surface area (Å²) >= 11 is 5.88. The van der Waals surface area contributed by atoms with Crippen LogP contribution in [0, 0.1) is 0 Å². The van der Waals surface area contributed by atoms with E-state index in [0.717, 1.165) is 0 Å². The second-order valence-electron chi connectivity index (χ2n) is 8.02. The van der Waals surface area contributed by atoms with Crippen LogP contribution >= 0.6 is 11.6 Å². The summed E-state index contributed by atoms with van der Waals surface area (Å²) in [4.78, 5) is 8.24. The molecule has 38 heavy (non-hydrogen) atoms. The van der Waals surface area contributed by atoms with Crippen molar-refractivity contribution in [3.05, 3.63) is 53.7 Å². The second-order valence-corrected chi connectivity index (χ2v) is 10.5. The Bertz CT molecular complexity index is 1480. The standard InChI is InChI=1S/C23H27ClN8O5S/c1-6-31-11-10-16(29-31)22-27-28-23(32(22)19-17(35-3)8-7-9-18(19)36-4)30-38(33,34)14(2)20(37-5)21-25-12-15(24)13-26-21/h7-14,20H,6H2,1-5H3,(H,28,30). The van der Waals surface area contributed by atoms with Gasteiger partial charge in [-0.05, 0) is 32.0 Å². The molecular weight excluding hydrogens is 536 g/mol. The maximum atomic E-state index is 13.6. The third kappa shape index (κ3) is 5.28. The molecule has 2 atom stereocenters. The molecular formula is C23H27ClN8O5S. The van der Waals surface area contributed by atoms with Crippen LogP contribution in [0.2, 0.25) is 5.02 Å². The number of ether oxygens (including phenoxy) is 3. The lowest BCUT2D eigenvalue weighted by atomic mass is 10.2. The number of nitrogens with one attached hydrogen (secondary N) is 1. The lowest BCUT2D eigenvalue weighted by Crippen LogP contribution is -2.33. The number of methoxy groups -OCH3 is 3. The van der Waals surface area contributed by atoms with Gasteiger partial charge < -0.3 is 14.2 Å². The first-order valence-electron chi connectivity index (χ1n) is 11.5. The van der Waals surface area contributed by atoms with E-state index in [2.05, 4.69) is 30.0 Å². The zero-order valence-corrected chi connectivity index (χ0v) is 22.9. The van der Waals surface area contributed by atoms with Gasteiger partial charge in [0.1, 0.15) is 34.2 Å². The maximum absolute atomic E-state index is 13.6. The number of halogens is 1. The Morgan fingerprint density at radius 3 is 2.26 bits per heavy atom. The first-order chi connectivity index (χ1) is 18.2. The van der Waals surface area contributed by atoms with E-state index in [4.69, 9.17) is 25.8 Å². The van der Waals surface area contributed by atoms with Crippen molar-refractivity contribution < 1.29 is 22.6 Å². The van der Waals surface area contributed by atoms with E-state index in [0.29, 0.717) is 34.4 Å². The van der Waals surface area contributed by atoms with Gasteiger partial charge >= 0.3 is 0 Å². The summed E-state index contributed by atoms with van der Waals surface area (Å²) in [5.41, 5.74) is 0.855. The highest BCUT2D eigenvalue weighted by Gasteiger charge is 2.35. The molecule has 3 aromatic heterocycles. The van der Waals surface area contributed by atoms with Crippen molar-refractivity contribution in [3.8, 4) is 28.7 Å². The van der Waals surface area contributed by atoms with Crippen LogP contribution in [-0.2, 0) is 21.3 Å². The summed E-state index contributed by atoms with van der Waals surface area (Å²) in [6, 6.07) is 6.93. The molecule has 0 fully saturated rings. The van der Waals surface area contributed by atoms with Gasteiger partial charge in [-0.15, -0.1) is 10.2 Å². The summed E-state index contributed by atoms with van der Waals surface area (Å²) in [5.74, 6) is 1.13. The van der Waals surface area contributed by atoms with Crippen LogP contribution < -0.4 is 14.2 Å². The van der Waals surface area contributed by atoms with E-state index in [1.54, 1.807) is 35.1 Å². The smallest absolute Gasteiger partial charge is 0.243 e.